The third-order valence-electron chi connectivity index (χ3n) is 2.58. The molecule has 0 spiro atoms. The van der Waals surface area contributed by atoms with Crippen LogP contribution in [-0.2, 0) is 6.54 Å². The van der Waals surface area contributed by atoms with Crippen LogP contribution in [0.2, 0.25) is 0 Å². The van der Waals surface area contributed by atoms with Gasteiger partial charge >= 0.3 is 0 Å². The van der Waals surface area contributed by atoms with Gasteiger partial charge in [-0.05, 0) is 23.7 Å². The Morgan fingerprint density at radius 1 is 1.25 bits per heavy atom. The van der Waals surface area contributed by atoms with Crippen molar-refractivity contribution < 1.29 is 4.79 Å². The molecule has 0 bridgehead atoms. The smallest absolute Gasteiger partial charge is 0.273 e. The van der Waals surface area contributed by atoms with Gasteiger partial charge in [-0.25, -0.2) is 4.68 Å². The third-order valence-corrected chi connectivity index (χ3v) is 3.09. The number of nitrogens with zero attached hydrogens (tertiary/aromatic N) is 5. The fourth-order valence-electron chi connectivity index (χ4n) is 1.61. The Labute approximate surface area is 118 Å². The number of amides is 1. The van der Waals surface area contributed by atoms with Gasteiger partial charge in [-0.15, -0.1) is 10.2 Å². The van der Waals surface area contributed by atoms with E-state index in [1.165, 1.54) is 0 Å². The molecule has 1 N–H and O–H groups in total. The van der Waals surface area contributed by atoms with Crippen molar-refractivity contribution >= 4 is 17.4 Å². The first kappa shape index (κ1) is 12.4. The fourth-order valence-corrected chi connectivity index (χ4v) is 2.05. The van der Waals surface area contributed by atoms with Gasteiger partial charge in [-0.1, -0.05) is 27.9 Å². The number of benzene rings is 1. The molecule has 0 saturated heterocycles. The van der Waals surface area contributed by atoms with E-state index >= 15 is 0 Å². The van der Waals surface area contributed by atoms with E-state index in [2.05, 4.69) is 25.2 Å². The maximum Gasteiger partial charge on any atom is 0.273 e. The van der Waals surface area contributed by atoms with Crippen LogP contribution in [0.3, 0.4) is 0 Å². The van der Waals surface area contributed by atoms with Gasteiger partial charge in [0.05, 0.1) is 18.4 Å². The van der Waals surface area contributed by atoms with Gasteiger partial charge in [0.15, 0.2) is 5.69 Å². The lowest BCUT2D eigenvalue weighted by atomic mass is 10.3. The molecule has 2 heterocycles. The number of nitrogens with one attached hydrogen (secondary N) is 1. The highest BCUT2D eigenvalue weighted by atomic mass is 32.1. The Balaban J connectivity index is 1.65. The number of rotatable bonds is 4. The number of aromatic nitrogens is 5. The molecule has 100 valence electrons. The van der Waals surface area contributed by atoms with Crippen molar-refractivity contribution in [3.05, 3.63) is 53.3 Å². The number of carbonyl (C=O) groups is 1. The molecule has 0 aliphatic carbocycles. The van der Waals surface area contributed by atoms with Crippen molar-refractivity contribution in [2.75, 3.05) is 0 Å². The maximum absolute atomic E-state index is 11.7. The normalized spacial score (nSPS) is 10.4. The largest absolute Gasteiger partial charge is 0.345 e. The molecule has 0 atom stereocenters. The molecule has 0 saturated carbocycles. The summed E-state index contributed by atoms with van der Waals surface area (Å²) in [6.45, 7) is 0.295. The van der Waals surface area contributed by atoms with E-state index in [-0.39, 0.29) is 5.91 Å². The molecule has 7 nitrogen and oxygen atoms in total. The molecular weight excluding hydrogens is 276 g/mol. The molecule has 0 radical (unpaired) electrons. The van der Waals surface area contributed by atoms with Crippen molar-refractivity contribution in [1.82, 2.24) is 29.9 Å². The molecule has 0 fully saturated rings. The highest BCUT2D eigenvalue weighted by Gasteiger charge is 2.09. The number of hydrogen-bond donors (Lipinski definition) is 1. The molecule has 2 aromatic heterocycles. The molecule has 3 rings (SSSR count). The number of para-hydroxylation sites is 1. The molecular formula is C12H10N6OS. The van der Waals surface area contributed by atoms with Gasteiger partial charge < -0.3 is 5.32 Å². The lowest BCUT2D eigenvalue weighted by Gasteiger charge is -1.99. The predicted octanol–water partition coefficient (Wildman–Crippen LogP) is 1.05. The van der Waals surface area contributed by atoms with Crippen molar-refractivity contribution in [2.24, 2.45) is 0 Å². The Bertz CT molecular complexity index is 694. The molecule has 1 amide bonds. The molecule has 20 heavy (non-hydrogen) atoms. The average Bonchev–Trinajstić information content (AvgIpc) is 3.17. The fraction of sp³-hybridized carbons (Fsp3) is 0.0833. The van der Waals surface area contributed by atoms with E-state index in [1.54, 1.807) is 16.3 Å². The summed E-state index contributed by atoms with van der Waals surface area (Å²) in [6, 6.07) is 9.64. The van der Waals surface area contributed by atoms with Crippen molar-refractivity contribution in [3.63, 3.8) is 0 Å². The van der Waals surface area contributed by atoms with E-state index in [1.807, 2.05) is 30.3 Å². The van der Waals surface area contributed by atoms with Crippen molar-refractivity contribution in [2.45, 2.75) is 6.54 Å². The maximum atomic E-state index is 11.7. The Kier molecular flexibility index (Phi) is 3.46. The molecule has 3 aromatic rings. The van der Waals surface area contributed by atoms with E-state index in [0.29, 0.717) is 17.9 Å². The standard InChI is InChI=1S/C12H10N6OS/c19-12(11-8-20-17-15-11)13-6-9-7-18(16-14-9)10-4-2-1-3-5-10/h1-5,7-8H,6H2,(H,13,19). The van der Waals surface area contributed by atoms with Crippen LogP contribution in [0.25, 0.3) is 5.69 Å². The summed E-state index contributed by atoms with van der Waals surface area (Å²) < 4.78 is 5.30. The minimum absolute atomic E-state index is 0.270. The topological polar surface area (TPSA) is 85.6 Å². The lowest BCUT2D eigenvalue weighted by molar-refractivity contribution is 0.0945. The van der Waals surface area contributed by atoms with Crippen LogP contribution in [0, 0.1) is 0 Å². The van der Waals surface area contributed by atoms with Crippen LogP contribution in [0.5, 0.6) is 0 Å². The second-order valence-corrected chi connectivity index (χ2v) is 4.57. The first-order valence-electron chi connectivity index (χ1n) is 5.85. The highest BCUT2D eigenvalue weighted by Crippen LogP contribution is 2.05. The first-order chi connectivity index (χ1) is 9.83. The van der Waals surface area contributed by atoms with Crippen LogP contribution in [-0.4, -0.2) is 30.5 Å². The third kappa shape index (κ3) is 2.69. The zero-order chi connectivity index (χ0) is 13.8. The van der Waals surface area contributed by atoms with Crippen LogP contribution < -0.4 is 5.32 Å². The Morgan fingerprint density at radius 3 is 2.85 bits per heavy atom. The second kappa shape index (κ2) is 5.57. The predicted molar refractivity (Wildman–Crippen MR) is 72.4 cm³/mol. The Hall–Kier alpha value is -2.61. The minimum Gasteiger partial charge on any atom is -0.345 e. The van der Waals surface area contributed by atoms with E-state index in [4.69, 9.17) is 0 Å². The van der Waals surface area contributed by atoms with Gasteiger partial charge in [0.25, 0.3) is 5.91 Å². The SMILES string of the molecule is O=C(NCc1cn(-c2ccccc2)nn1)c1csnn1. The second-order valence-electron chi connectivity index (χ2n) is 3.96. The zero-order valence-corrected chi connectivity index (χ0v) is 11.1. The van der Waals surface area contributed by atoms with E-state index in [9.17, 15) is 4.79 Å². The van der Waals surface area contributed by atoms with Gasteiger partial charge in [-0.2, -0.15) is 0 Å². The average molecular weight is 286 g/mol. The molecule has 0 aliphatic heterocycles. The number of carbonyl (C=O) groups excluding carboxylic acids is 1. The summed E-state index contributed by atoms with van der Waals surface area (Å²) in [5, 5.41) is 16.0. The van der Waals surface area contributed by atoms with Crippen molar-refractivity contribution in [3.8, 4) is 5.69 Å². The van der Waals surface area contributed by atoms with Gasteiger partial charge in [-0.3, -0.25) is 4.79 Å². The zero-order valence-electron chi connectivity index (χ0n) is 10.3. The van der Waals surface area contributed by atoms with Crippen LogP contribution in [0.4, 0.5) is 0 Å². The van der Waals surface area contributed by atoms with E-state index < -0.39 is 0 Å². The summed E-state index contributed by atoms with van der Waals surface area (Å²) in [4.78, 5) is 11.7. The summed E-state index contributed by atoms with van der Waals surface area (Å²) in [7, 11) is 0. The quantitative estimate of drug-likeness (QED) is 0.774. The van der Waals surface area contributed by atoms with Gasteiger partial charge in [0.2, 0.25) is 0 Å². The number of hydrogen-bond acceptors (Lipinski definition) is 6. The highest BCUT2D eigenvalue weighted by molar-refractivity contribution is 7.03. The summed E-state index contributed by atoms with van der Waals surface area (Å²) >= 11 is 1.14. The monoisotopic (exact) mass is 286 g/mol. The first-order valence-corrected chi connectivity index (χ1v) is 6.68. The van der Waals surface area contributed by atoms with Crippen LogP contribution in [0.1, 0.15) is 16.2 Å². The van der Waals surface area contributed by atoms with E-state index in [0.717, 1.165) is 17.2 Å². The van der Waals surface area contributed by atoms with Crippen LogP contribution in [0.15, 0.2) is 41.9 Å². The summed E-state index contributed by atoms with van der Waals surface area (Å²) in [5.41, 5.74) is 1.90. The lowest BCUT2D eigenvalue weighted by Crippen LogP contribution is -2.23. The van der Waals surface area contributed by atoms with Crippen LogP contribution >= 0.6 is 11.5 Å². The minimum atomic E-state index is -0.270. The molecule has 0 unspecified atom stereocenters. The van der Waals surface area contributed by atoms with Crippen molar-refractivity contribution in [1.29, 1.82) is 0 Å². The Morgan fingerprint density at radius 2 is 2.10 bits per heavy atom. The molecule has 1 aromatic carbocycles. The molecule has 8 heteroatoms. The summed E-state index contributed by atoms with van der Waals surface area (Å²) in [5.74, 6) is -0.270. The molecule has 0 aliphatic rings. The summed E-state index contributed by atoms with van der Waals surface area (Å²) in [6.07, 6.45) is 1.77. The van der Waals surface area contributed by atoms with Gasteiger partial charge in [0, 0.05) is 5.38 Å². The van der Waals surface area contributed by atoms with Gasteiger partial charge in [0.1, 0.15) is 5.69 Å².